The highest BCUT2D eigenvalue weighted by molar-refractivity contribution is 7.98. The van der Waals surface area contributed by atoms with Gasteiger partial charge >= 0.3 is 0 Å². The van der Waals surface area contributed by atoms with Crippen LogP contribution in [0.2, 0.25) is 0 Å². The van der Waals surface area contributed by atoms with Gasteiger partial charge in [-0.15, -0.1) is 0 Å². The smallest absolute Gasteiger partial charge is 0.189 e. The van der Waals surface area contributed by atoms with Crippen LogP contribution in [0, 0.1) is 11.3 Å². The minimum atomic E-state index is 0.372. The monoisotopic (exact) mass is 494 g/mol. The minimum absolute atomic E-state index is 0.372. The quantitative estimate of drug-likeness (QED) is 0.269. The van der Waals surface area contributed by atoms with Crippen molar-refractivity contribution in [3.8, 4) is 40.3 Å². The van der Waals surface area contributed by atoms with Crippen LogP contribution in [-0.4, -0.2) is 50.2 Å². The van der Waals surface area contributed by atoms with Crippen LogP contribution in [0.25, 0.3) is 11.3 Å². The van der Waals surface area contributed by atoms with E-state index in [0.717, 1.165) is 22.6 Å². The van der Waals surface area contributed by atoms with E-state index < -0.39 is 0 Å². The Bertz CT molecular complexity index is 1200. The maximum atomic E-state index is 9.98. The van der Waals surface area contributed by atoms with Crippen LogP contribution in [0.15, 0.2) is 41.6 Å². The van der Waals surface area contributed by atoms with Gasteiger partial charge in [-0.25, -0.2) is 9.97 Å². The molecule has 8 nitrogen and oxygen atoms in total. The highest BCUT2D eigenvalue weighted by Gasteiger charge is 2.18. The summed E-state index contributed by atoms with van der Waals surface area (Å²) in [5, 5.41) is 13.9. The lowest BCUT2D eigenvalue weighted by Crippen LogP contribution is -2.10. The van der Waals surface area contributed by atoms with Crippen LogP contribution < -0.4 is 24.3 Å². The van der Waals surface area contributed by atoms with Crippen LogP contribution in [-0.2, 0) is 6.42 Å². The van der Waals surface area contributed by atoms with Crippen LogP contribution in [0.1, 0.15) is 25.0 Å². The third-order valence-corrected chi connectivity index (χ3v) is 5.70. The van der Waals surface area contributed by atoms with Gasteiger partial charge in [0.2, 0.25) is 0 Å². The summed E-state index contributed by atoms with van der Waals surface area (Å²) in [6, 6.07) is 13.7. The summed E-state index contributed by atoms with van der Waals surface area (Å²) in [4.78, 5) is 9.17. The van der Waals surface area contributed by atoms with E-state index >= 15 is 0 Å². The van der Waals surface area contributed by atoms with E-state index in [-0.39, 0.29) is 0 Å². The number of thioether (sulfide) groups is 1. The fourth-order valence-electron chi connectivity index (χ4n) is 3.53. The van der Waals surface area contributed by atoms with Gasteiger partial charge in [-0.05, 0) is 62.4 Å². The Morgan fingerprint density at radius 3 is 2.29 bits per heavy atom. The second-order valence-corrected chi connectivity index (χ2v) is 8.06. The van der Waals surface area contributed by atoms with E-state index in [2.05, 4.69) is 21.4 Å². The van der Waals surface area contributed by atoms with Crippen molar-refractivity contribution in [2.24, 2.45) is 0 Å². The summed E-state index contributed by atoms with van der Waals surface area (Å²) in [6.07, 6.45) is 2.61. The Morgan fingerprint density at radius 2 is 1.63 bits per heavy atom. The van der Waals surface area contributed by atoms with Gasteiger partial charge in [-0.2, -0.15) is 5.26 Å². The number of methoxy groups -OCH3 is 2. The Morgan fingerprint density at radius 1 is 0.914 bits per heavy atom. The summed E-state index contributed by atoms with van der Waals surface area (Å²) < 4.78 is 22.1. The number of ether oxygens (including phenoxy) is 4. The number of nitriles is 1. The average molecular weight is 495 g/mol. The lowest BCUT2D eigenvalue weighted by Gasteiger charge is -2.15. The molecule has 35 heavy (non-hydrogen) atoms. The summed E-state index contributed by atoms with van der Waals surface area (Å²) in [5.41, 5.74) is 2.74. The Hall–Kier alpha value is -3.64. The Balaban J connectivity index is 1.87. The van der Waals surface area contributed by atoms with E-state index in [1.807, 2.05) is 50.4 Å². The summed E-state index contributed by atoms with van der Waals surface area (Å²) in [5.74, 6) is 3.12. The predicted molar refractivity (Wildman–Crippen MR) is 138 cm³/mol. The molecule has 0 saturated heterocycles. The normalized spacial score (nSPS) is 10.4. The SMILES string of the molecule is CCOc1ccc(CCNc2nc(SC)nc(-c3ccc(OC)c(OC)c3)c2C#N)cc1OCC. The van der Waals surface area contributed by atoms with Gasteiger partial charge in [-0.1, -0.05) is 17.8 Å². The molecule has 0 amide bonds. The first-order chi connectivity index (χ1) is 17.1. The molecule has 3 aromatic rings. The molecule has 0 saturated carbocycles. The number of aromatic nitrogens is 2. The van der Waals surface area contributed by atoms with E-state index in [0.29, 0.717) is 59.9 Å². The van der Waals surface area contributed by atoms with Crippen molar-refractivity contribution in [1.82, 2.24) is 9.97 Å². The highest BCUT2D eigenvalue weighted by Crippen LogP contribution is 2.35. The van der Waals surface area contributed by atoms with Crippen molar-refractivity contribution in [3.63, 3.8) is 0 Å². The van der Waals surface area contributed by atoms with Crippen LogP contribution >= 0.6 is 11.8 Å². The summed E-state index contributed by atoms with van der Waals surface area (Å²) in [6.45, 7) is 5.60. The fourth-order valence-corrected chi connectivity index (χ4v) is 3.90. The molecule has 1 N–H and O–H groups in total. The molecular formula is C26H30N4O4S. The van der Waals surface area contributed by atoms with E-state index in [1.54, 1.807) is 20.3 Å². The van der Waals surface area contributed by atoms with Crippen LogP contribution in [0.3, 0.4) is 0 Å². The van der Waals surface area contributed by atoms with Crippen molar-refractivity contribution < 1.29 is 18.9 Å². The molecular weight excluding hydrogens is 464 g/mol. The first-order valence-electron chi connectivity index (χ1n) is 11.3. The molecule has 184 valence electrons. The number of hydrogen-bond acceptors (Lipinski definition) is 9. The molecule has 0 bridgehead atoms. The zero-order valence-electron chi connectivity index (χ0n) is 20.7. The second-order valence-electron chi connectivity index (χ2n) is 7.29. The molecule has 1 aromatic heterocycles. The van der Waals surface area contributed by atoms with E-state index in [4.69, 9.17) is 18.9 Å². The molecule has 1 heterocycles. The third kappa shape index (κ3) is 6.28. The molecule has 0 radical (unpaired) electrons. The molecule has 0 spiro atoms. The summed E-state index contributed by atoms with van der Waals surface area (Å²) >= 11 is 1.41. The van der Waals surface area contributed by atoms with Crippen molar-refractivity contribution >= 4 is 17.6 Å². The third-order valence-electron chi connectivity index (χ3n) is 5.15. The van der Waals surface area contributed by atoms with Crippen molar-refractivity contribution in [2.75, 3.05) is 45.6 Å². The zero-order chi connectivity index (χ0) is 25.2. The van der Waals surface area contributed by atoms with Crippen molar-refractivity contribution in [3.05, 3.63) is 47.5 Å². The standard InChI is InChI=1S/C26H30N4O4S/c1-6-33-21-10-8-17(14-23(21)34-7-2)12-13-28-25-19(16-27)24(29-26(30-25)35-5)18-9-11-20(31-3)22(15-18)32-4/h8-11,14-15H,6-7,12-13H2,1-5H3,(H,28,29,30). The zero-order valence-corrected chi connectivity index (χ0v) is 21.5. The van der Waals surface area contributed by atoms with Crippen LogP contribution in [0.5, 0.6) is 23.0 Å². The molecule has 2 aromatic carbocycles. The largest absolute Gasteiger partial charge is 0.493 e. The van der Waals surface area contributed by atoms with Gasteiger partial charge in [0.15, 0.2) is 28.2 Å². The molecule has 0 aliphatic carbocycles. The Kier molecular flexibility index (Phi) is 9.44. The van der Waals surface area contributed by atoms with Gasteiger partial charge in [0, 0.05) is 12.1 Å². The van der Waals surface area contributed by atoms with Gasteiger partial charge in [0.25, 0.3) is 0 Å². The molecule has 9 heteroatoms. The first kappa shape index (κ1) is 26.0. The van der Waals surface area contributed by atoms with E-state index in [1.165, 1.54) is 11.8 Å². The topological polar surface area (TPSA) is 98.5 Å². The van der Waals surface area contributed by atoms with Crippen molar-refractivity contribution in [2.45, 2.75) is 25.4 Å². The molecule has 0 fully saturated rings. The maximum Gasteiger partial charge on any atom is 0.189 e. The van der Waals surface area contributed by atoms with Gasteiger partial charge in [0.1, 0.15) is 17.5 Å². The highest BCUT2D eigenvalue weighted by atomic mass is 32.2. The first-order valence-corrected chi connectivity index (χ1v) is 12.5. The minimum Gasteiger partial charge on any atom is -0.493 e. The number of nitrogens with zero attached hydrogens (tertiary/aromatic N) is 3. The molecule has 0 atom stereocenters. The molecule has 0 aliphatic rings. The maximum absolute atomic E-state index is 9.98. The lowest BCUT2D eigenvalue weighted by atomic mass is 10.1. The second kappa shape index (κ2) is 12.7. The number of nitrogens with one attached hydrogen (secondary N) is 1. The molecule has 3 rings (SSSR count). The number of hydrogen-bond donors (Lipinski definition) is 1. The average Bonchev–Trinajstić information content (AvgIpc) is 2.89. The van der Waals surface area contributed by atoms with Crippen molar-refractivity contribution in [1.29, 1.82) is 5.26 Å². The number of anilines is 1. The lowest BCUT2D eigenvalue weighted by molar-refractivity contribution is 0.287. The molecule has 0 unspecified atom stereocenters. The number of benzene rings is 2. The van der Waals surface area contributed by atoms with Crippen LogP contribution in [0.4, 0.5) is 5.82 Å². The number of rotatable bonds is 12. The fraction of sp³-hybridized carbons (Fsp3) is 0.346. The van der Waals surface area contributed by atoms with E-state index in [9.17, 15) is 5.26 Å². The summed E-state index contributed by atoms with van der Waals surface area (Å²) in [7, 11) is 3.16. The predicted octanol–water partition coefficient (Wildman–Crippen LogP) is 5.21. The van der Waals surface area contributed by atoms with Gasteiger partial charge in [0.05, 0.1) is 33.1 Å². The molecule has 0 aliphatic heterocycles. The van der Waals surface area contributed by atoms with Gasteiger partial charge in [-0.3, -0.25) is 0 Å². The van der Waals surface area contributed by atoms with Gasteiger partial charge < -0.3 is 24.3 Å². The Labute approximate surface area is 210 Å².